The zero-order valence-corrected chi connectivity index (χ0v) is 13.1. The van der Waals surface area contributed by atoms with Crippen molar-refractivity contribution in [1.29, 1.82) is 0 Å². The van der Waals surface area contributed by atoms with Crippen molar-refractivity contribution in [2.45, 2.75) is 33.2 Å². The molecular formula is C14H21O4Si. The first-order chi connectivity index (χ1) is 9.00. The molecular weight excluding hydrogens is 260 g/mol. The second kappa shape index (κ2) is 5.62. The topological polar surface area (TPSA) is 36.9 Å². The Hall–Kier alpha value is -0.883. The van der Waals surface area contributed by atoms with Crippen LogP contribution in [-0.2, 0) is 20.2 Å². The molecule has 1 aliphatic heterocycles. The molecule has 1 heterocycles. The van der Waals surface area contributed by atoms with Gasteiger partial charge in [0.15, 0.2) is 0 Å². The average Bonchev–Trinajstić information content (AvgIpc) is 2.40. The van der Waals surface area contributed by atoms with E-state index in [4.69, 9.17) is 18.3 Å². The highest BCUT2D eigenvalue weighted by atomic mass is 28.3. The molecule has 0 amide bonds. The summed E-state index contributed by atoms with van der Waals surface area (Å²) in [5.41, 5.74) is 1.05. The van der Waals surface area contributed by atoms with Crippen molar-refractivity contribution in [3.8, 4) is 5.75 Å². The van der Waals surface area contributed by atoms with E-state index < -0.39 is 15.1 Å². The standard InChI is InChI=1S/C14H21O4Si/c1-10(2)14(3)17-9-11-8-12(19(15-4)16-5)6-7-13(11)18-14/h6-8,10H,9H2,1-5H3. The van der Waals surface area contributed by atoms with Crippen LogP contribution in [0.25, 0.3) is 0 Å². The van der Waals surface area contributed by atoms with E-state index in [1.54, 1.807) is 14.2 Å². The number of fused-ring (bicyclic) bond motifs is 1. The first kappa shape index (κ1) is 14.5. The van der Waals surface area contributed by atoms with Crippen molar-refractivity contribution in [2.75, 3.05) is 14.2 Å². The molecule has 0 spiro atoms. The van der Waals surface area contributed by atoms with Gasteiger partial charge >= 0.3 is 9.28 Å². The van der Waals surface area contributed by atoms with Crippen LogP contribution in [0.3, 0.4) is 0 Å². The molecule has 105 valence electrons. The number of ether oxygens (including phenoxy) is 2. The average molecular weight is 281 g/mol. The fourth-order valence-corrected chi connectivity index (χ4v) is 3.14. The van der Waals surface area contributed by atoms with Gasteiger partial charge in [-0.15, -0.1) is 0 Å². The predicted octanol–water partition coefficient (Wildman–Crippen LogP) is 1.96. The van der Waals surface area contributed by atoms with Gasteiger partial charge in [0.1, 0.15) is 5.75 Å². The highest BCUT2D eigenvalue weighted by Gasteiger charge is 2.36. The Morgan fingerprint density at radius 3 is 2.53 bits per heavy atom. The quantitative estimate of drug-likeness (QED) is 0.791. The molecule has 1 atom stereocenters. The molecule has 5 heteroatoms. The summed E-state index contributed by atoms with van der Waals surface area (Å²) in [4.78, 5) is 0. The Morgan fingerprint density at radius 1 is 1.26 bits per heavy atom. The van der Waals surface area contributed by atoms with Crippen LogP contribution in [0.2, 0.25) is 0 Å². The van der Waals surface area contributed by atoms with Crippen molar-refractivity contribution in [3.05, 3.63) is 23.8 Å². The Morgan fingerprint density at radius 2 is 1.95 bits per heavy atom. The zero-order chi connectivity index (χ0) is 14.0. The van der Waals surface area contributed by atoms with Gasteiger partial charge in [0.25, 0.3) is 0 Å². The summed E-state index contributed by atoms with van der Waals surface area (Å²) in [5, 5.41) is 1.06. The molecule has 0 aromatic heterocycles. The van der Waals surface area contributed by atoms with Crippen LogP contribution < -0.4 is 9.92 Å². The molecule has 2 rings (SSSR count). The van der Waals surface area contributed by atoms with Gasteiger partial charge in [0, 0.05) is 32.6 Å². The number of hydrogen-bond donors (Lipinski definition) is 0. The van der Waals surface area contributed by atoms with E-state index in [0.29, 0.717) is 6.61 Å². The first-order valence-corrected chi connectivity index (χ1v) is 7.73. The molecule has 1 aliphatic rings. The third-order valence-electron chi connectivity index (χ3n) is 3.54. The van der Waals surface area contributed by atoms with Gasteiger partial charge in [-0.2, -0.15) is 0 Å². The van der Waals surface area contributed by atoms with E-state index in [2.05, 4.69) is 19.9 Å². The molecule has 1 aromatic carbocycles. The maximum absolute atomic E-state index is 5.99. The SMILES string of the molecule is CO[Si](OC)c1ccc2c(c1)COC(C)(C(C)C)O2. The Kier molecular flexibility index (Phi) is 4.30. The second-order valence-electron chi connectivity index (χ2n) is 5.08. The summed E-state index contributed by atoms with van der Waals surface area (Å²) in [6, 6.07) is 6.04. The van der Waals surface area contributed by atoms with Gasteiger partial charge in [-0.1, -0.05) is 19.9 Å². The monoisotopic (exact) mass is 281 g/mol. The summed E-state index contributed by atoms with van der Waals surface area (Å²) in [6.45, 7) is 6.72. The minimum Gasteiger partial charge on any atom is -0.462 e. The van der Waals surface area contributed by atoms with Crippen molar-refractivity contribution in [2.24, 2.45) is 5.92 Å². The van der Waals surface area contributed by atoms with E-state index in [0.717, 1.165) is 16.5 Å². The van der Waals surface area contributed by atoms with Crippen molar-refractivity contribution in [3.63, 3.8) is 0 Å². The molecule has 1 unspecified atom stereocenters. The van der Waals surface area contributed by atoms with Crippen LogP contribution >= 0.6 is 0 Å². The minimum absolute atomic E-state index is 0.290. The Labute approximate surface area is 116 Å². The molecule has 0 saturated carbocycles. The van der Waals surface area contributed by atoms with Crippen LogP contribution in [0, 0.1) is 5.92 Å². The van der Waals surface area contributed by atoms with Crippen LogP contribution in [0.5, 0.6) is 5.75 Å². The largest absolute Gasteiger partial charge is 0.462 e. The summed E-state index contributed by atoms with van der Waals surface area (Å²) in [7, 11) is 1.94. The molecule has 4 nitrogen and oxygen atoms in total. The van der Waals surface area contributed by atoms with Crippen molar-refractivity contribution >= 4 is 14.5 Å². The van der Waals surface area contributed by atoms with Crippen molar-refractivity contribution < 1.29 is 18.3 Å². The summed E-state index contributed by atoms with van der Waals surface area (Å²) < 4.78 is 22.6. The molecule has 0 N–H and O–H groups in total. The highest BCUT2D eigenvalue weighted by molar-refractivity contribution is 6.61. The maximum Gasteiger partial charge on any atom is 0.423 e. The molecule has 19 heavy (non-hydrogen) atoms. The van der Waals surface area contributed by atoms with Gasteiger partial charge in [0.2, 0.25) is 5.79 Å². The zero-order valence-electron chi connectivity index (χ0n) is 12.1. The van der Waals surface area contributed by atoms with E-state index >= 15 is 0 Å². The Bertz CT molecular complexity index is 445. The summed E-state index contributed by atoms with van der Waals surface area (Å²) in [6.07, 6.45) is 0. The Balaban J connectivity index is 2.25. The molecule has 0 fully saturated rings. The molecule has 1 aromatic rings. The van der Waals surface area contributed by atoms with Gasteiger partial charge in [-0.3, -0.25) is 0 Å². The summed E-state index contributed by atoms with van der Waals surface area (Å²) >= 11 is 0. The number of hydrogen-bond acceptors (Lipinski definition) is 4. The van der Waals surface area contributed by atoms with E-state index in [1.807, 2.05) is 19.1 Å². The third kappa shape index (κ3) is 2.84. The maximum atomic E-state index is 5.99. The lowest BCUT2D eigenvalue weighted by Crippen LogP contribution is -2.44. The predicted molar refractivity (Wildman–Crippen MR) is 74.5 cm³/mol. The molecule has 1 radical (unpaired) electrons. The fraction of sp³-hybridized carbons (Fsp3) is 0.571. The number of rotatable bonds is 4. The van der Waals surface area contributed by atoms with Crippen LogP contribution in [0.4, 0.5) is 0 Å². The van der Waals surface area contributed by atoms with Crippen LogP contribution in [0.1, 0.15) is 26.3 Å². The van der Waals surface area contributed by atoms with Crippen LogP contribution in [-0.4, -0.2) is 29.3 Å². The lowest BCUT2D eigenvalue weighted by molar-refractivity contribution is -0.219. The van der Waals surface area contributed by atoms with Gasteiger partial charge in [-0.05, 0) is 17.3 Å². The molecule has 0 aliphatic carbocycles. The third-order valence-corrected chi connectivity index (χ3v) is 5.07. The lowest BCUT2D eigenvalue weighted by Gasteiger charge is -2.38. The van der Waals surface area contributed by atoms with E-state index in [1.165, 1.54) is 0 Å². The lowest BCUT2D eigenvalue weighted by atomic mass is 10.0. The van der Waals surface area contributed by atoms with E-state index in [-0.39, 0.29) is 5.92 Å². The van der Waals surface area contributed by atoms with Gasteiger partial charge in [-0.25, -0.2) is 0 Å². The van der Waals surface area contributed by atoms with Gasteiger partial charge < -0.3 is 18.3 Å². The smallest absolute Gasteiger partial charge is 0.423 e. The molecule has 0 saturated heterocycles. The normalized spacial score (nSPS) is 22.5. The highest BCUT2D eigenvalue weighted by Crippen LogP contribution is 2.34. The van der Waals surface area contributed by atoms with Gasteiger partial charge in [0.05, 0.1) is 6.61 Å². The van der Waals surface area contributed by atoms with Crippen LogP contribution in [0.15, 0.2) is 18.2 Å². The number of benzene rings is 1. The minimum atomic E-state index is -1.39. The summed E-state index contributed by atoms with van der Waals surface area (Å²) in [5.74, 6) is 0.628. The molecule has 0 bridgehead atoms. The second-order valence-corrected chi connectivity index (χ2v) is 7.05. The van der Waals surface area contributed by atoms with E-state index in [9.17, 15) is 0 Å². The fourth-order valence-electron chi connectivity index (χ4n) is 1.99. The first-order valence-electron chi connectivity index (χ1n) is 6.41. The van der Waals surface area contributed by atoms with Crippen molar-refractivity contribution in [1.82, 2.24) is 0 Å².